The van der Waals surface area contributed by atoms with Crippen LogP contribution >= 0.6 is 22.7 Å². The van der Waals surface area contributed by atoms with Gasteiger partial charge in [-0.15, -0.1) is 22.7 Å². The van der Waals surface area contributed by atoms with Gasteiger partial charge in [-0.05, 0) is 37.5 Å². The van der Waals surface area contributed by atoms with E-state index < -0.39 is 0 Å². The first-order valence-electron chi connectivity index (χ1n) is 8.68. The minimum atomic E-state index is -0.122. The predicted octanol–water partition coefficient (Wildman–Crippen LogP) is 4.50. The molecule has 0 fully saturated rings. The molecule has 0 radical (unpaired) electrons. The first kappa shape index (κ1) is 19.3. The molecule has 0 unspecified atom stereocenters. The zero-order valence-corrected chi connectivity index (χ0v) is 16.9. The van der Waals surface area contributed by atoms with Gasteiger partial charge < -0.3 is 5.32 Å². The molecule has 0 aliphatic rings. The van der Waals surface area contributed by atoms with E-state index in [0.717, 1.165) is 29.0 Å². The van der Waals surface area contributed by atoms with Gasteiger partial charge in [0, 0.05) is 29.3 Å². The van der Waals surface area contributed by atoms with Crippen molar-refractivity contribution in [3.05, 3.63) is 57.1 Å². The van der Waals surface area contributed by atoms with Crippen LogP contribution in [0, 0.1) is 6.92 Å². The minimum absolute atomic E-state index is 0.00554. The van der Waals surface area contributed by atoms with Crippen molar-refractivity contribution in [3.63, 3.8) is 0 Å². The largest absolute Gasteiger partial charge is 0.356 e. The number of aromatic nitrogens is 1. The van der Waals surface area contributed by atoms with Crippen molar-refractivity contribution in [2.45, 2.75) is 26.7 Å². The van der Waals surface area contributed by atoms with Gasteiger partial charge in [0.1, 0.15) is 0 Å². The second-order valence-electron chi connectivity index (χ2n) is 6.19. The molecule has 0 spiro atoms. The van der Waals surface area contributed by atoms with Crippen LogP contribution < -0.4 is 10.6 Å². The topological polar surface area (TPSA) is 71.1 Å². The number of thiophene rings is 1. The highest BCUT2D eigenvalue weighted by molar-refractivity contribution is 7.15. The number of carbonyl (C=O) groups excluding carboxylic acids is 2. The van der Waals surface area contributed by atoms with E-state index in [2.05, 4.69) is 27.8 Å². The standard InChI is InChI=1S/C20H21N3O2S2/c1-13-5-10-18(27-13)19(25)23-20-22-17(12-26-20)16-8-6-15(7-9-16)4-3-11-21-14(2)24/h5-10,12H,3-4,11H2,1-2H3,(H,21,24)(H,22,23,25). The summed E-state index contributed by atoms with van der Waals surface area (Å²) in [5.74, 6) is -0.116. The molecule has 3 aromatic rings. The van der Waals surface area contributed by atoms with Crippen molar-refractivity contribution in [2.75, 3.05) is 11.9 Å². The number of carbonyl (C=O) groups is 2. The molecule has 2 heterocycles. The molecule has 7 heteroatoms. The number of nitrogens with one attached hydrogen (secondary N) is 2. The first-order valence-corrected chi connectivity index (χ1v) is 10.4. The Morgan fingerprint density at radius 1 is 1.11 bits per heavy atom. The second kappa shape index (κ2) is 8.92. The Balaban J connectivity index is 1.57. The van der Waals surface area contributed by atoms with Crippen molar-refractivity contribution in [1.29, 1.82) is 0 Å². The number of anilines is 1. The number of thiazole rings is 1. The lowest BCUT2D eigenvalue weighted by Crippen LogP contribution is -2.21. The lowest BCUT2D eigenvalue weighted by molar-refractivity contribution is -0.118. The Morgan fingerprint density at radius 2 is 1.89 bits per heavy atom. The van der Waals surface area contributed by atoms with Crippen LogP contribution in [0.2, 0.25) is 0 Å². The molecule has 0 aliphatic carbocycles. The van der Waals surface area contributed by atoms with E-state index in [4.69, 9.17) is 0 Å². The molecule has 0 bridgehead atoms. The third kappa shape index (κ3) is 5.48. The SMILES string of the molecule is CC(=O)NCCCc1ccc(-c2csc(NC(=O)c3ccc(C)s3)n2)cc1. The molecule has 3 rings (SSSR count). The molecule has 0 aliphatic heterocycles. The van der Waals surface area contributed by atoms with Gasteiger partial charge >= 0.3 is 0 Å². The van der Waals surface area contributed by atoms with E-state index in [1.807, 2.05) is 36.6 Å². The maximum absolute atomic E-state index is 12.2. The maximum atomic E-state index is 12.2. The van der Waals surface area contributed by atoms with Crippen LogP contribution in [0.25, 0.3) is 11.3 Å². The summed E-state index contributed by atoms with van der Waals surface area (Å²) in [6.07, 6.45) is 1.83. The quantitative estimate of drug-likeness (QED) is 0.575. The van der Waals surface area contributed by atoms with Crippen LogP contribution in [0.15, 0.2) is 41.8 Å². The molecular formula is C20H21N3O2S2. The molecule has 5 nitrogen and oxygen atoms in total. The minimum Gasteiger partial charge on any atom is -0.356 e. The van der Waals surface area contributed by atoms with Crippen LogP contribution in [-0.4, -0.2) is 23.3 Å². The lowest BCUT2D eigenvalue weighted by atomic mass is 10.1. The van der Waals surface area contributed by atoms with Crippen molar-refractivity contribution in [1.82, 2.24) is 10.3 Å². The van der Waals surface area contributed by atoms with E-state index >= 15 is 0 Å². The Bertz CT molecular complexity index is 929. The highest BCUT2D eigenvalue weighted by atomic mass is 32.1. The molecule has 2 aromatic heterocycles. The molecule has 1 aromatic carbocycles. The number of benzene rings is 1. The van der Waals surface area contributed by atoms with E-state index in [0.29, 0.717) is 16.6 Å². The maximum Gasteiger partial charge on any atom is 0.267 e. The van der Waals surface area contributed by atoms with Gasteiger partial charge in [-0.25, -0.2) is 4.98 Å². The number of nitrogens with zero attached hydrogens (tertiary/aromatic N) is 1. The molecule has 0 saturated carbocycles. The van der Waals surface area contributed by atoms with E-state index in [-0.39, 0.29) is 11.8 Å². The Morgan fingerprint density at radius 3 is 2.56 bits per heavy atom. The highest BCUT2D eigenvalue weighted by Gasteiger charge is 2.11. The van der Waals surface area contributed by atoms with Crippen molar-refractivity contribution < 1.29 is 9.59 Å². The van der Waals surface area contributed by atoms with Gasteiger partial charge in [0.25, 0.3) is 5.91 Å². The van der Waals surface area contributed by atoms with Crippen molar-refractivity contribution >= 4 is 39.6 Å². The van der Waals surface area contributed by atoms with Crippen molar-refractivity contribution in [3.8, 4) is 11.3 Å². The summed E-state index contributed by atoms with van der Waals surface area (Å²) in [4.78, 5) is 29.4. The number of rotatable bonds is 7. The van der Waals surface area contributed by atoms with E-state index in [9.17, 15) is 9.59 Å². The fourth-order valence-electron chi connectivity index (χ4n) is 2.58. The summed E-state index contributed by atoms with van der Waals surface area (Å²) >= 11 is 2.89. The van der Waals surface area contributed by atoms with Crippen molar-refractivity contribution in [2.24, 2.45) is 0 Å². The molecule has 2 N–H and O–H groups in total. The van der Waals surface area contributed by atoms with Crippen LogP contribution in [0.4, 0.5) is 5.13 Å². The fourth-order valence-corrected chi connectivity index (χ4v) is 4.06. The molecule has 0 saturated heterocycles. The Labute approximate surface area is 166 Å². The van der Waals surface area contributed by atoms with Gasteiger partial charge in [-0.2, -0.15) is 0 Å². The van der Waals surface area contributed by atoms with E-state index in [1.165, 1.54) is 35.2 Å². The van der Waals surface area contributed by atoms with Gasteiger partial charge in [-0.3, -0.25) is 14.9 Å². The predicted molar refractivity (Wildman–Crippen MR) is 112 cm³/mol. The Hall–Kier alpha value is -2.51. The van der Waals surface area contributed by atoms with Gasteiger partial charge in [-0.1, -0.05) is 24.3 Å². The molecule has 27 heavy (non-hydrogen) atoms. The summed E-state index contributed by atoms with van der Waals surface area (Å²) in [6.45, 7) is 4.20. The van der Waals surface area contributed by atoms with Gasteiger partial charge in [0.2, 0.25) is 5.91 Å². The zero-order chi connectivity index (χ0) is 19.2. The molecule has 0 atom stereocenters. The monoisotopic (exact) mass is 399 g/mol. The van der Waals surface area contributed by atoms with Crippen LogP contribution in [0.3, 0.4) is 0 Å². The third-order valence-corrected chi connectivity index (χ3v) is 5.71. The summed E-state index contributed by atoms with van der Waals surface area (Å²) in [5, 5.41) is 8.21. The smallest absolute Gasteiger partial charge is 0.267 e. The Kier molecular flexibility index (Phi) is 6.36. The van der Waals surface area contributed by atoms with E-state index in [1.54, 1.807) is 0 Å². The number of aryl methyl sites for hydroxylation is 2. The normalized spacial score (nSPS) is 10.6. The van der Waals surface area contributed by atoms with Gasteiger partial charge in [0.05, 0.1) is 10.6 Å². The van der Waals surface area contributed by atoms with Crippen LogP contribution in [-0.2, 0) is 11.2 Å². The lowest BCUT2D eigenvalue weighted by Gasteiger charge is -2.04. The third-order valence-electron chi connectivity index (χ3n) is 3.95. The highest BCUT2D eigenvalue weighted by Crippen LogP contribution is 2.26. The van der Waals surface area contributed by atoms with Crippen LogP contribution in [0.1, 0.15) is 33.5 Å². The summed E-state index contributed by atoms with van der Waals surface area (Å²) in [5.41, 5.74) is 3.09. The molecule has 140 valence electrons. The summed E-state index contributed by atoms with van der Waals surface area (Å²) < 4.78 is 0. The fraction of sp³-hybridized carbons (Fsp3) is 0.250. The average molecular weight is 400 g/mol. The number of hydrogen-bond acceptors (Lipinski definition) is 5. The molecule has 2 amide bonds. The van der Waals surface area contributed by atoms with Crippen LogP contribution in [0.5, 0.6) is 0 Å². The zero-order valence-electron chi connectivity index (χ0n) is 15.2. The number of hydrogen-bond donors (Lipinski definition) is 2. The van der Waals surface area contributed by atoms with Gasteiger partial charge in [0.15, 0.2) is 5.13 Å². The average Bonchev–Trinajstić information content (AvgIpc) is 3.28. The summed E-state index contributed by atoms with van der Waals surface area (Å²) in [7, 11) is 0. The number of amides is 2. The second-order valence-corrected chi connectivity index (χ2v) is 8.33. The first-order chi connectivity index (χ1) is 13.0. The summed E-state index contributed by atoms with van der Waals surface area (Å²) in [6, 6.07) is 12.0. The molecular weight excluding hydrogens is 378 g/mol.